The van der Waals surface area contributed by atoms with Gasteiger partial charge in [0.25, 0.3) is 0 Å². The van der Waals surface area contributed by atoms with Crippen molar-refractivity contribution >= 4 is 28.5 Å². The van der Waals surface area contributed by atoms with Crippen LogP contribution in [0.5, 0.6) is 5.75 Å². The van der Waals surface area contributed by atoms with Gasteiger partial charge in [-0.05, 0) is 54.1 Å². The monoisotopic (exact) mass is 420 g/mol. The maximum absolute atomic E-state index is 13.1. The fraction of sp³-hybridized carbons (Fsp3) is 0.0833. The number of hydrogen-bond acceptors (Lipinski definition) is 5. The van der Waals surface area contributed by atoms with Gasteiger partial charge in [0.1, 0.15) is 12.2 Å². The Kier molecular flexibility index (Phi) is 5.55. The van der Waals surface area contributed by atoms with Crippen molar-refractivity contribution in [3.8, 4) is 17.1 Å². The van der Waals surface area contributed by atoms with Crippen LogP contribution >= 0.6 is 11.6 Å². The molecule has 0 aliphatic carbocycles. The summed E-state index contributed by atoms with van der Waals surface area (Å²) in [6, 6.07) is 20.8. The molecule has 0 atom stereocenters. The molecule has 3 aromatic carbocycles. The lowest BCUT2D eigenvalue weighted by Crippen LogP contribution is -2.10. The van der Waals surface area contributed by atoms with Gasteiger partial charge in [-0.2, -0.15) is 0 Å². The number of carbonyl (C=O) groups is 1. The predicted molar refractivity (Wildman–Crippen MR) is 115 cm³/mol. The summed E-state index contributed by atoms with van der Waals surface area (Å²) in [7, 11) is 1.33. The molecule has 4 rings (SSSR count). The lowest BCUT2D eigenvalue weighted by molar-refractivity contribution is 0.0600. The first-order valence-corrected chi connectivity index (χ1v) is 9.56. The quantitative estimate of drug-likeness (QED) is 0.400. The summed E-state index contributed by atoms with van der Waals surface area (Å²) in [4.78, 5) is 24.7. The number of fused-ring (bicyclic) bond motifs is 1. The molecule has 0 amide bonds. The van der Waals surface area contributed by atoms with Gasteiger partial charge in [-0.1, -0.05) is 35.9 Å². The molecule has 0 fully saturated rings. The second-order valence-corrected chi connectivity index (χ2v) is 7.01. The Morgan fingerprint density at radius 3 is 2.37 bits per heavy atom. The minimum Gasteiger partial charge on any atom is -0.481 e. The molecule has 0 saturated carbocycles. The number of hydrogen-bond donors (Lipinski definition) is 0. The molecule has 30 heavy (non-hydrogen) atoms. The number of methoxy groups -OCH3 is 1. The fourth-order valence-electron chi connectivity index (χ4n) is 3.06. The maximum atomic E-state index is 13.1. The van der Waals surface area contributed by atoms with Gasteiger partial charge < -0.3 is 13.9 Å². The van der Waals surface area contributed by atoms with Crippen molar-refractivity contribution < 1.29 is 18.7 Å². The number of carbonyl (C=O) groups excluding carboxylic acids is 1. The van der Waals surface area contributed by atoms with E-state index in [2.05, 4.69) is 0 Å². The van der Waals surface area contributed by atoms with Crippen LogP contribution in [0.4, 0.5) is 0 Å². The van der Waals surface area contributed by atoms with Gasteiger partial charge in [-0.3, -0.25) is 4.79 Å². The van der Waals surface area contributed by atoms with Gasteiger partial charge in [0.05, 0.1) is 18.1 Å². The number of halogens is 1. The van der Waals surface area contributed by atoms with Gasteiger partial charge in [0.15, 0.2) is 5.76 Å². The van der Waals surface area contributed by atoms with Crippen molar-refractivity contribution in [1.29, 1.82) is 0 Å². The fourth-order valence-corrected chi connectivity index (χ4v) is 3.18. The Labute approximate surface area is 177 Å². The van der Waals surface area contributed by atoms with E-state index in [1.807, 2.05) is 0 Å². The molecular formula is C24H17ClO5. The van der Waals surface area contributed by atoms with Crippen LogP contribution in [0.3, 0.4) is 0 Å². The Bertz CT molecular complexity index is 1260. The zero-order valence-electron chi connectivity index (χ0n) is 16.1. The number of benzene rings is 3. The first-order valence-electron chi connectivity index (χ1n) is 9.18. The van der Waals surface area contributed by atoms with Gasteiger partial charge in [-0.25, -0.2) is 4.79 Å². The number of para-hydroxylation sites is 1. The van der Waals surface area contributed by atoms with E-state index in [1.54, 1.807) is 72.8 Å². The standard InChI is InChI=1S/C24H17ClO5/c1-28-24(27)17-8-6-15(7-9-17)14-29-23-21(26)19-4-2-3-5-20(19)30-22(23)16-10-12-18(25)13-11-16/h2-13H,14H2,1H3. The third-order valence-electron chi connectivity index (χ3n) is 4.62. The lowest BCUT2D eigenvalue weighted by Gasteiger charge is -2.12. The van der Waals surface area contributed by atoms with Crippen molar-refractivity contribution in [3.05, 3.63) is 99.2 Å². The van der Waals surface area contributed by atoms with Gasteiger partial charge in [0.2, 0.25) is 11.2 Å². The molecule has 0 aliphatic heterocycles. The van der Waals surface area contributed by atoms with Crippen LogP contribution in [0.1, 0.15) is 15.9 Å². The van der Waals surface area contributed by atoms with Crippen LogP contribution in [0, 0.1) is 0 Å². The average molecular weight is 421 g/mol. The van der Waals surface area contributed by atoms with E-state index >= 15 is 0 Å². The van der Waals surface area contributed by atoms with E-state index in [1.165, 1.54) is 7.11 Å². The zero-order chi connectivity index (χ0) is 21.1. The van der Waals surface area contributed by atoms with Crippen LogP contribution < -0.4 is 10.2 Å². The second-order valence-electron chi connectivity index (χ2n) is 6.57. The van der Waals surface area contributed by atoms with E-state index in [9.17, 15) is 9.59 Å². The Morgan fingerprint density at radius 1 is 0.967 bits per heavy atom. The molecule has 5 nitrogen and oxygen atoms in total. The molecular weight excluding hydrogens is 404 g/mol. The van der Waals surface area contributed by atoms with E-state index in [-0.39, 0.29) is 17.8 Å². The highest BCUT2D eigenvalue weighted by Gasteiger charge is 2.18. The summed E-state index contributed by atoms with van der Waals surface area (Å²) in [5.41, 5.74) is 2.12. The van der Waals surface area contributed by atoms with E-state index in [0.717, 1.165) is 5.56 Å². The van der Waals surface area contributed by atoms with Crippen LogP contribution in [0.25, 0.3) is 22.3 Å². The van der Waals surface area contributed by atoms with E-state index < -0.39 is 5.97 Å². The molecule has 1 aromatic heterocycles. The number of ether oxygens (including phenoxy) is 2. The predicted octanol–water partition coefficient (Wildman–Crippen LogP) is 5.48. The van der Waals surface area contributed by atoms with Crippen LogP contribution in [-0.4, -0.2) is 13.1 Å². The lowest BCUT2D eigenvalue weighted by atomic mass is 10.1. The van der Waals surface area contributed by atoms with Gasteiger partial charge in [-0.15, -0.1) is 0 Å². The minimum atomic E-state index is -0.414. The van der Waals surface area contributed by atoms with Crippen LogP contribution in [-0.2, 0) is 11.3 Å². The largest absolute Gasteiger partial charge is 0.481 e. The minimum absolute atomic E-state index is 0.119. The third kappa shape index (κ3) is 3.93. The van der Waals surface area contributed by atoms with E-state index in [0.29, 0.717) is 32.9 Å². The Morgan fingerprint density at radius 2 is 1.67 bits per heavy atom. The molecule has 0 unspecified atom stereocenters. The normalized spacial score (nSPS) is 10.7. The summed E-state index contributed by atoms with van der Waals surface area (Å²) < 4.78 is 16.6. The maximum Gasteiger partial charge on any atom is 0.337 e. The van der Waals surface area contributed by atoms with E-state index in [4.69, 9.17) is 25.5 Å². The Balaban J connectivity index is 1.72. The first-order chi connectivity index (χ1) is 14.6. The SMILES string of the molecule is COC(=O)c1ccc(COc2c(-c3ccc(Cl)cc3)oc3ccccc3c2=O)cc1. The summed E-state index contributed by atoms with van der Waals surface area (Å²) in [5, 5.41) is 1.02. The first kappa shape index (κ1) is 19.7. The molecule has 0 aliphatic rings. The van der Waals surface area contributed by atoms with Crippen molar-refractivity contribution in [2.75, 3.05) is 7.11 Å². The van der Waals surface area contributed by atoms with Crippen molar-refractivity contribution in [2.24, 2.45) is 0 Å². The molecule has 6 heteroatoms. The topological polar surface area (TPSA) is 65.7 Å². The zero-order valence-corrected chi connectivity index (χ0v) is 16.8. The number of rotatable bonds is 5. The smallest absolute Gasteiger partial charge is 0.337 e. The highest BCUT2D eigenvalue weighted by atomic mass is 35.5. The molecule has 150 valence electrons. The molecule has 1 heterocycles. The summed E-state index contributed by atoms with van der Waals surface area (Å²) >= 11 is 6.00. The highest BCUT2D eigenvalue weighted by Crippen LogP contribution is 2.32. The van der Waals surface area contributed by atoms with Crippen molar-refractivity contribution in [2.45, 2.75) is 6.61 Å². The van der Waals surface area contributed by atoms with Crippen molar-refractivity contribution in [1.82, 2.24) is 0 Å². The van der Waals surface area contributed by atoms with Crippen molar-refractivity contribution in [3.63, 3.8) is 0 Å². The van der Waals surface area contributed by atoms with Crippen LogP contribution in [0.15, 0.2) is 82.0 Å². The molecule has 4 aromatic rings. The third-order valence-corrected chi connectivity index (χ3v) is 4.87. The molecule has 0 N–H and O–H groups in total. The summed E-state index contributed by atoms with van der Waals surface area (Å²) in [5.74, 6) is 0.0391. The molecule has 0 bridgehead atoms. The highest BCUT2D eigenvalue weighted by molar-refractivity contribution is 6.30. The summed E-state index contributed by atoms with van der Waals surface area (Å²) in [6.45, 7) is 0.130. The molecule has 0 spiro atoms. The average Bonchev–Trinajstić information content (AvgIpc) is 2.79. The van der Waals surface area contributed by atoms with Crippen LogP contribution in [0.2, 0.25) is 5.02 Å². The van der Waals surface area contributed by atoms with Gasteiger partial charge in [0, 0.05) is 10.6 Å². The number of esters is 1. The molecule has 0 radical (unpaired) electrons. The summed E-state index contributed by atoms with van der Waals surface area (Å²) in [6.07, 6.45) is 0. The molecule has 0 saturated heterocycles. The van der Waals surface area contributed by atoms with Gasteiger partial charge >= 0.3 is 5.97 Å². The second kappa shape index (κ2) is 8.43. The Hall–Kier alpha value is -3.57.